The van der Waals surface area contributed by atoms with Gasteiger partial charge in [0, 0.05) is 29.0 Å². The van der Waals surface area contributed by atoms with Crippen LogP contribution < -0.4 is 10.0 Å². The number of rotatable bonds is 7. The van der Waals surface area contributed by atoms with Crippen molar-refractivity contribution in [1.82, 2.24) is 15.3 Å². The van der Waals surface area contributed by atoms with Gasteiger partial charge in [-0.2, -0.15) is 0 Å². The van der Waals surface area contributed by atoms with Gasteiger partial charge in [0.15, 0.2) is 5.13 Å². The number of fused-ring (bicyclic) bond motifs is 1. The summed E-state index contributed by atoms with van der Waals surface area (Å²) in [6, 6.07) is 8.03. The SMILES string of the molecule is CS(=O)(=O)Nc1nc(CC(=O)NCCc2c[nH]c3ccccc23)cs1. The van der Waals surface area contributed by atoms with Gasteiger partial charge in [0.25, 0.3) is 0 Å². The van der Waals surface area contributed by atoms with Crippen molar-refractivity contribution in [1.29, 1.82) is 0 Å². The number of nitrogens with zero attached hydrogens (tertiary/aromatic N) is 1. The van der Waals surface area contributed by atoms with Crippen LogP contribution in [0.15, 0.2) is 35.8 Å². The Labute approximate surface area is 149 Å². The maximum absolute atomic E-state index is 12.0. The first-order chi connectivity index (χ1) is 11.9. The number of hydrogen-bond donors (Lipinski definition) is 3. The van der Waals surface area contributed by atoms with Crippen molar-refractivity contribution in [3.63, 3.8) is 0 Å². The summed E-state index contributed by atoms with van der Waals surface area (Å²) in [5.74, 6) is -0.143. The summed E-state index contributed by atoms with van der Waals surface area (Å²) < 4.78 is 24.6. The molecule has 0 aliphatic carbocycles. The van der Waals surface area contributed by atoms with Crippen LogP contribution in [-0.4, -0.2) is 37.1 Å². The highest BCUT2D eigenvalue weighted by Gasteiger charge is 2.10. The smallest absolute Gasteiger partial charge is 0.231 e. The van der Waals surface area contributed by atoms with E-state index in [1.54, 1.807) is 5.38 Å². The Bertz CT molecular complexity index is 992. The number of amides is 1. The summed E-state index contributed by atoms with van der Waals surface area (Å²) in [7, 11) is -3.36. The number of H-pyrrole nitrogens is 1. The van der Waals surface area contributed by atoms with E-state index in [-0.39, 0.29) is 17.5 Å². The summed E-state index contributed by atoms with van der Waals surface area (Å²) in [4.78, 5) is 19.3. The third kappa shape index (κ3) is 4.80. The van der Waals surface area contributed by atoms with Gasteiger partial charge in [0.2, 0.25) is 15.9 Å². The minimum Gasteiger partial charge on any atom is -0.361 e. The fourth-order valence-electron chi connectivity index (χ4n) is 2.50. The fraction of sp³-hybridized carbons (Fsp3) is 0.250. The molecule has 25 heavy (non-hydrogen) atoms. The second kappa shape index (κ2) is 7.24. The zero-order valence-electron chi connectivity index (χ0n) is 13.6. The Morgan fingerprint density at radius 1 is 1.32 bits per heavy atom. The number of sulfonamides is 1. The summed E-state index contributed by atoms with van der Waals surface area (Å²) >= 11 is 1.16. The molecule has 0 aliphatic rings. The number of nitrogens with one attached hydrogen (secondary N) is 3. The molecule has 0 aliphatic heterocycles. The molecule has 3 rings (SSSR count). The number of anilines is 1. The number of aromatic amines is 1. The summed E-state index contributed by atoms with van der Waals surface area (Å²) in [5, 5.41) is 5.97. The predicted molar refractivity (Wildman–Crippen MR) is 99.3 cm³/mol. The first kappa shape index (κ1) is 17.4. The van der Waals surface area contributed by atoms with Gasteiger partial charge in [0.1, 0.15) is 0 Å². The van der Waals surface area contributed by atoms with E-state index in [4.69, 9.17) is 0 Å². The van der Waals surface area contributed by atoms with Crippen molar-refractivity contribution in [3.05, 3.63) is 47.1 Å². The van der Waals surface area contributed by atoms with E-state index in [1.165, 1.54) is 0 Å². The highest BCUT2D eigenvalue weighted by molar-refractivity contribution is 7.92. The summed E-state index contributed by atoms with van der Waals surface area (Å²) in [6.45, 7) is 0.527. The minimum absolute atomic E-state index is 0.121. The predicted octanol–water partition coefficient (Wildman–Crippen LogP) is 1.90. The molecule has 0 atom stereocenters. The molecular weight excluding hydrogens is 360 g/mol. The van der Waals surface area contributed by atoms with Crippen molar-refractivity contribution in [2.24, 2.45) is 0 Å². The number of carbonyl (C=O) groups excluding carboxylic acids is 1. The zero-order valence-corrected chi connectivity index (χ0v) is 15.2. The fourth-order valence-corrected chi connectivity index (χ4v) is 4.06. The molecular formula is C16H18N4O3S2. The van der Waals surface area contributed by atoms with Crippen LogP contribution in [0.5, 0.6) is 0 Å². The van der Waals surface area contributed by atoms with Gasteiger partial charge in [-0.05, 0) is 18.1 Å². The minimum atomic E-state index is -3.36. The van der Waals surface area contributed by atoms with Crippen molar-refractivity contribution >= 4 is 43.3 Å². The van der Waals surface area contributed by atoms with Gasteiger partial charge in [-0.3, -0.25) is 9.52 Å². The van der Waals surface area contributed by atoms with Gasteiger partial charge in [-0.25, -0.2) is 13.4 Å². The molecule has 0 saturated carbocycles. The van der Waals surface area contributed by atoms with Crippen LogP contribution >= 0.6 is 11.3 Å². The van der Waals surface area contributed by atoms with E-state index in [0.717, 1.165) is 40.5 Å². The summed E-state index contributed by atoms with van der Waals surface area (Å²) in [6.07, 6.45) is 3.87. The van der Waals surface area contributed by atoms with E-state index < -0.39 is 10.0 Å². The van der Waals surface area contributed by atoms with Crippen LogP contribution in [0.25, 0.3) is 10.9 Å². The molecule has 7 nitrogen and oxygen atoms in total. The van der Waals surface area contributed by atoms with Crippen molar-refractivity contribution in [2.75, 3.05) is 17.5 Å². The molecule has 2 heterocycles. The second-order valence-corrected chi connectivity index (χ2v) is 8.26. The Morgan fingerprint density at radius 2 is 2.12 bits per heavy atom. The van der Waals surface area contributed by atoms with Crippen LogP contribution in [0.2, 0.25) is 0 Å². The topological polar surface area (TPSA) is 104 Å². The van der Waals surface area contributed by atoms with E-state index in [9.17, 15) is 13.2 Å². The normalized spacial score (nSPS) is 11.6. The molecule has 9 heteroatoms. The van der Waals surface area contributed by atoms with Crippen LogP contribution in [0.1, 0.15) is 11.3 Å². The molecule has 0 radical (unpaired) electrons. The average Bonchev–Trinajstić information content (AvgIpc) is 3.13. The van der Waals surface area contributed by atoms with Crippen LogP contribution in [0.3, 0.4) is 0 Å². The average molecular weight is 378 g/mol. The highest BCUT2D eigenvalue weighted by Crippen LogP contribution is 2.18. The van der Waals surface area contributed by atoms with Gasteiger partial charge in [-0.15, -0.1) is 11.3 Å². The number of carbonyl (C=O) groups is 1. The third-order valence-corrected chi connectivity index (χ3v) is 5.06. The largest absolute Gasteiger partial charge is 0.361 e. The van der Waals surface area contributed by atoms with Crippen LogP contribution in [-0.2, 0) is 27.7 Å². The monoisotopic (exact) mass is 378 g/mol. The number of hydrogen-bond acceptors (Lipinski definition) is 5. The van der Waals surface area contributed by atoms with Gasteiger partial charge < -0.3 is 10.3 Å². The molecule has 132 valence electrons. The van der Waals surface area contributed by atoms with E-state index >= 15 is 0 Å². The molecule has 1 aromatic carbocycles. The lowest BCUT2D eigenvalue weighted by Gasteiger charge is -2.03. The number of para-hydroxylation sites is 1. The molecule has 0 spiro atoms. The molecule has 0 bridgehead atoms. The van der Waals surface area contributed by atoms with E-state index in [1.807, 2.05) is 24.4 Å². The molecule has 2 aromatic heterocycles. The Morgan fingerprint density at radius 3 is 2.92 bits per heavy atom. The number of aromatic nitrogens is 2. The van der Waals surface area contributed by atoms with Crippen molar-refractivity contribution in [3.8, 4) is 0 Å². The first-order valence-electron chi connectivity index (χ1n) is 7.64. The lowest BCUT2D eigenvalue weighted by atomic mass is 10.1. The first-order valence-corrected chi connectivity index (χ1v) is 10.4. The van der Waals surface area contributed by atoms with Crippen molar-refractivity contribution < 1.29 is 13.2 Å². The molecule has 1 amide bonds. The molecule has 0 fully saturated rings. The standard InChI is InChI=1S/C16H18N4O3S2/c1-25(22,23)20-16-19-12(10-24-16)8-15(21)17-7-6-11-9-18-14-5-3-2-4-13(11)14/h2-5,9-10,18H,6-8H2,1H3,(H,17,21)(H,19,20). The maximum atomic E-state index is 12.0. The third-order valence-electron chi connectivity index (χ3n) is 3.56. The van der Waals surface area contributed by atoms with Crippen molar-refractivity contribution in [2.45, 2.75) is 12.8 Å². The Hall–Kier alpha value is -2.39. The molecule has 0 unspecified atom stereocenters. The molecule has 0 saturated heterocycles. The van der Waals surface area contributed by atoms with E-state index in [2.05, 4.69) is 26.1 Å². The Kier molecular flexibility index (Phi) is 5.05. The summed E-state index contributed by atoms with van der Waals surface area (Å²) in [5.41, 5.74) is 2.78. The Balaban J connectivity index is 1.50. The van der Waals surface area contributed by atoms with E-state index in [0.29, 0.717) is 12.2 Å². The van der Waals surface area contributed by atoms with Gasteiger partial charge >= 0.3 is 0 Å². The van der Waals surface area contributed by atoms with Crippen LogP contribution in [0, 0.1) is 0 Å². The van der Waals surface area contributed by atoms with Gasteiger partial charge in [0.05, 0.1) is 18.4 Å². The number of benzene rings is 1. The van der Waals surface area contributed by atoms with Gasteiger partial charge in [-0.1, -0.05) is 18.2 Å². The quantitative estimate of drug-likeness (QED) is 0.584. The number of thiazole rings is 1. The maximum Gasteiger partial charge on any atom is 0.231 e. The lowest BCUT2D eigenvalue weighted by molar-refractivity contribution is -0.120. The highest BCUT2D eigenvalue weighted by atomic mass is 32.2. The molecule has 3 aromatic rings. The molecule has 3 N–H and O–H groups in total. The van der Waals surface area contributed by atoms with Crippen LogP contribution in [0.4, 0.5) is 5.13 Å². The zero-order chi connectivity index (χ0) is 17.9. The lowest BCUT2D eigenvalue weighted by Crippen LogP contribution is -2.27. The second-order valence-electron chi connectivity index (χ2n) is 5.65.